The molecule has 0 aliphatic carbocycles. The number of nitrogens with one attached hydrogen (secondary N) is 1. The second-order valence-electron chi connectivity index (χ2n) is 8.46. The van der Waals surface area contributed by atoms with Crippen molar-refractivity contribution in [1.29, 1.82) is 0 Å². The van der Waals surface area contributed by atoms with Crippen molar-refractivity contribution in [3.63, 3.8) is 0 Å². The van der Waals surface area contributed by atoms with Gasteiger partial charge in [0.25, 0.3) is 0 Å². The van der Waals surface area contributed by atoms with Gasteiger partial charge in [-0.3, -0.25) is 9.69 Å². The maximum Gasteiger partial charge on any atom is 0.308 e. The third kappa shape index (κ3) is 8.25. The van der Waals surface area contributed by atoms with E-state index in [4.69, 9.17) is 9.73 Å². The number of methoxy groups -OCH3 is 1. The van der Waals surface area contributed by atoms with Gasteiger partial charge >= 0.3 is 5.97 Å². The smallest absolute Gasteiger partial charge is 0.308 e. The fourth-order valence-electron chi connectivity index (χ4n) is 4.46. The van der Waals surface area contributed by atoms with E-state index >= 15 is 0 Å². The van der Waals surface area contributed by atoms with Crippen LogP contribution in [0.2, 0.25) is 0 Å². The minimum atomic E-state index is -0.0854. The maximum absolute atomic E-state index is 11.8. The molecule has 0 atom stereocenters. The van der Waals surface area contributed by atoms with Gasteiger partial charge in [0, 0.05) is 26.2 Å². The summed E-state index contributed by atoms with van der Waals surface area (Å²) in [6.07, 6.45) is 7.03. The number of carbonyl (C=O) groups excluding carboxylic acids is 1. The number of aliphatic imine (C=N–C) groups is 1. The Morgan fingerprint density at radius 3 is 2.42 bits per heavy atom. The van der Waals surface area contributed by atoms with E-state index in [1.165, 1.54) is 57.0 Å². The number of nitrogens with zero attached hydrogens (tertiary/aromatic N) is 3. The first-order chi connectivity index (χ1) is 14.7. The molecule has 0 radical (unpaired) electrons. The zero-order valence-corrected chi connectivity index (χ0v) is 21.5. The molecule has 2 fully saturated rings. The molecule has 3 rings (SSSR count). The van der Waals surface area contributed by atoms with Crippen molar-refractivity contribution in [2.75, 3.05) is 39.8 Å². The number of benzene rings is 1. The highest BCUT2D eigenvalue weighted by Crippen LogP contribution is 2.19. The molecule has 0 amide bonds. The van der Waals surface area contributed by atoms with Crippen molar-refractivity contribution in [2.45, 2.75) is 58.5 Å². The minimum absolute atomic E-state index is 0. The highest BCUT2D eigenvalue weighted by atomic mass is 127. The number of carbonyl (C=O) groups is 1. The summed E-state index contributed by atoms with van der Waals surface area (Å²) in [6.45, 7) is 8.75. The molecule has 2 aliphatic heterocycles. The van der Waals surface area contributed by atoms with Crippen molar-refractivity contribution >= 4 is 35.9 Å². The molecular weight excluding hydrogens is 503 g/mol. The summed E-state index contributed by atoms with van der Waals surface area (Å²) in [7, 11) is 1.47. The number of ether oxygens (including phenoxy) is 1. The van der Waals surface area contributed by atoms with Gasteiger partial charge in [0.2, 0.25) is 0 Å². The molecule has 0 saturated carbocycles. The number of hydrogen-bond donors (Lipinski definition) is 1. The van der Waals surface area contributed by atoms with Gasteiger partial charge in [-0.05, 0) is 56.8 Å². The normalized spacial score (nSPS) is 18.8. The number of guanidine groups is 1. The number of halogens is 1. The maximum atomic E-state index is 11.8. The van der Waals surface area contributed by atoms with Crippen LogP contribution in [0.4, 0.5) is 0 Å². The number of esters is 1. The molecule has 174 valence electrons. The summed E-state index contributed by atoms with van der Waals surface area (Å²) >= 11 is 0. The summed E-state index contributed by atoms with van der Waals surface area (Å²) in [5.41, 5.74) is 2.63. The van der Waals surface area contributed by atoms with Crippen LogP contribution in [0, 0.1) is 5.92 Å². The lowest BCUT2D eigenvalue weighted by molar-refractivity contribution is -0.146. The van der Waals surface area contributed by atoms with Crippen LogP contribution in [-0.2, 0) is 22.6 Å². The summed E-state index contributed by atoms with van der Waals surface area (Å²) < 4.78 is 4.90. The van der Waals surface area contributed by atoms with Crippen LogP contribution in [0.1, 0.15) is 56.6 Å². The van der Waals surface area contributed by atoms with Crippen molar-refractivity contribution in [1.82, 2.24) is 15.1 Å². The Kier molecular flexibility index (Phi) is 11.6. The molecule has 0 aromatic heterocycles. The molecule has 0 spiro atoms. The van der Waals surface area contributed by atoms with Crippen LogP contribution in [0.3, 0.4) is 0 Å². The van der Waals surface area contributed by atoms with Crippen LogP contribution in [-0.4, -0.2) is 61.6 Å². The summed E-state index contributed by atoms with van der Waals surface area (Å²) in [5.74, 6) is 0.876. The average molecular weight is 543 g/mol. The van der Waals surface area contributed by atoms with Gasteiger partial charge in [-0.2, -0.15) is 0 Å². The van der Waals surface area contributed by atoms with E-state index in [1.807, 2.05) is 0 Å². The largest absolute Gasteiger partial charge is 0.469 e. The number of likely N-dealkylation sites (tertiary alicyclic amines) is 2. The molecule has 2 aliphatic rings. The first kappa shape index (κ1) is 25.9. The van der Waals surface area contributed by atoms with Gasteiger partial charge in [-0.15, -0.1) is 24.0 Å². The van der Waals surface area contributed by atoms with Crippen molar-refractivity contribution in [2.24, 2.45) is 10.9 Å². The van der Waals surface area contributed by atoms with Gasteiger partial charge in [0.1, 0.15) is 0 Å². The lowest BCUT2D eigenvalue weighted by Gasteiger charge is -2.33. The summed E-state index contributed by atoms with van der Waals surface area (Å²) in [5, 5.41) is 3.42. The van der Waals surface area contributed by atoms with E-state index in [-0.39, 0.29) is 35.9 Å². The van der Waals surface area contributed by atoms with Gasteiger partial charge in [-0.25, -0.2) is 4.99 Å². The molecule has 1 aromatic carbocycles. The van der Waals surface area contributed by atoms with Crippen LogP contribution in [0.25, 0.3) is 0 Å². The monoisotopic (exact) mass is 542 g/mol. The quantitative estimate of drug-likeness (QED) is 0.255. The first-order valence-electron chi connectivity index (χ1n) is 11.6. The Hall–Kier alpha value is -1.35. The van der Waals surface area contributed by atoms with Crippen LogP contribution >= 0.6 is 24.0 Å². The second-order valence-corrected chi connectivity index (χ2v) is 8.46. The SMILES string of the molecule is CCNC(=NCc1cccc(CN2CCCCCC2)c1)N1CCC(C(=O)OC)CC1.I. The Morgan fingerprint density at radius 1 is 1.10 bits per heavy atom. The summed E-state index contributed by atoms with van der Waals surface area (Å²) in [6, 6.07) is 8.87. The first-order valence-corrected chi connectivity index (χ1v) is 11.6. The lowest BCUT2D eigenvalue weighted by atomic mass is 9.97. The molecule has 2 saturated heterocycles. The highest BCUT2D eigenvalue weighted by Gasteiger charge is 2.26. The molecular formula is C24H39IN4O2. The standard InChI is InChI=1S/C24H38N4O2.HI/c1-3-25-24(28-15-11-22(12-16-28)23(29)30-2)26-18-20-9-8-10-21(17-20)19-27-13-6-4-5-7-14-27;/h8-10,17,22H,3-7,11-16,18-19H2,1-2H3,(H,25,26);1H. The van der Waals surface area contributed by atoms with Gasteiger partial charge in [0.05, 0.1) is 19.6 Å². The van der Waals surface area contributed by atoms with Crippen LogP contribution in [0.5, 0.6) is 0 Å². The van der Waals surface area contributed by atoms with E-state index < -0.39 is 0 Å². The summed E-state index contributed by atoms with van der Waals surface area (Å²) in [4.78, 5) is 21.5. The van der Waals surface area contributed by atoms with E-state index in [0.717, 1.165) is 45.0 Å². The predicted molar refractivity (Wildman–Crippen MR) is 137 cm³/mol. The third-order valence-corrected chi connectivity index (χ3v) is 6.17. The second kappa shape index (κ2) is 13.9. The van der Waals surface area contributed by atoms with Crippen LogP contribution < -0.4 is 5.32 Å². The Morgan fingerprint density at radius 2 is 1.77 bits per heavy atom. The van der Waals surface area contributed by atoms with E-state index in [1.54, 1.807) is 0 Å². The molecule has 0 bridgehead atoms. The van der Waals surface area contributed by atoms with Crippen LogP contribution in [0.15, 0.2) is 29.3 Å². The molecule has 1 N–H and O–H groups in total. The van der Waals surface area contributed by atoms with Crippen molar-refractivity contribution < 1.29 is 9.53 Å². The van der Waals surface area contributed by atoms with E-state index in [9.17, 15) is 4.79 Å². The fraction of sp³-hybridized carbons (Fsp3) is 0.667. The Balaban J connectivity index is 0.00000341. The Bertz CT molecular complexity index is 697. The molecule has 6 nitrogen and oxygen atoms in total. The van der Waals surface area contributed by atoms with Crippen molar-refractivity contribution in [3.8, 4) is 0 Å². The van der Waals surface area contributed by atoms with Gasteiger partial charge in [0.15, 0.2) is 5.96 Å². The molecule has 7 heteroatoms. The van der Waals surface area contributed by atoms with Gasteiger partial charge < -0.3 is 15.0 Å². The topological polar surface area (TPSA) is 57.2 Å². The molecule has 0 unspecified atom stereocenters. The highest BCUT2D eigenvalue weighted by molar-refractivity contribution is 14.0. The molecule has 1 aromatic rings. The zero-order valence-electron chi connectivity index (χ0n) is 19.1. The number of piperidine rings is 1. The number of rotatable bonds is 6. The Labute approximate surface area is 204 Å². The predicted octanol–water partition coefficient (Wildman–Crippen LogP) is 4.03. The van der Waals surface area contributed by atoms with Crippen molar-refractivity contribution in [3.05, 3.63) is 35.4 Å². The van der Waals surface area contributed by atoms with E-state index in [0.29, 0.717) is 6.54 Å². The lowest BCUT2D eigenvalue weighted by Crippen LogP contribution is -2.46. The van der Waals surface area contributed by atoms with E-state index in [2.05, 4.69) is 46.3 Å². The minimum Gasteiger partial charge on any atom is -0.469 e. The average Bonchev–Trinajstić information content (AvgIpc) is 3.05. The molecule has 2 heterocycles. The number of hydrogen-bond acceptors (Lipinski definition) is 4. The molecule has 31 heavy (non-hydrogen) atoms. The fourth-order valence-corrected chi connectivity index (χ4v) is 4.46. The third-order valence-electron chi connectivity index (χ3n) is 6.17. The zero-order chi connectivity index (χ0) is 21.2. The van der Waals surface area contributed by atoms with Gasteiger partial charge in [-0.1, -0.05) is 37.1 Å².